The Bertz CT molecular complexity index is 1570. The molecule has 4 rings (SSSR count). The number of aliphatic imine (C=N–C) groups is 1. The van der Waals surface area contributed by atoms with Gasteiger partial charge < -0.3 is 25.1 Å². The molecule has 0 radical (unpaired) electrons. The number of fused-ring (bicyclic) bond motifs is 1. The number of carbonyl (C=O) groups is 1. The molecule has 0 aliphatic carbocycles. The number of alkyl halides is 3. The van der Waals surface area contributed by atoms with Crippen LogP contribution >= 0.6 is 11.6 Å². The molecule has 8 nitrogen and oxygen atoms in total. The third-order valence-corrected chi connectivity index (χ3v) is 6.19. The van der Waals surface area contributed by atoms with E-state index in [9.17, 15) is 22.4 Å². The third-order valence-electron chi connectivity index (χ3n) is 5.89. The monoisotopic (exact) mass is 532 g/mol. The number of hydrogen-bond acceptors (Lipinski definition) is 6. The average Bonchev–Trinajstić information content (AvgIpc) is 3.16. The van der Waals surface area contributed by atoms with E-state index >= 15 is 0 Å². The molecule has 0 bridgehead atoms. The summed E-state index contributed by atoms with van der Waals surface area (Å²) in [5.74, 6) is -3.33. The molecule has 0 saturated heterocycles. The lowest BCUT2D eigenvalue weighted by atomic mass is 9.89. The van der Waals surface area contributed by atoms with Crippen molar-refractivity contribution in [2.24, 2.45) is 17.7 Å². The number of rotatable bonds is 4. The van der Waals surface area contributed by atoms with Crippen LogP contribution in [0.15, 0.2) is 35.5 Å². The fraction of sp³-hybridized carbons (Fsp3) is 0.348. The Balaban J connectivity index is 1.74. The molecule has 0 saturated carbocycles. The van der Waals surface area contributed by atoms with Crippen LogP contribution in [0.2, 0.25) is 5.02 Å². The van der Waals surface area contributed by atoms with Gasteiger partial charge in [-0.05, 0) is 38.1 Å². The second-order valence-corrected chi connectivity index (χ2v) is 8.84. The van der Waals surface area contributed by atoms with Gasteiger partial charge in [0.1, 0.15) is 22.8 Å². The van der Waals surface area contributed by atoms with E-state index in [2.05, 4.69) is 15.3 Å². The van der Waals surface area contributed by atoms with E-state index < -0.39 is 67.0 Å². The Labute approximate surface area is 215 Å². The largest absolute Gasteiger partial charge is 0.494 e. The van der Waals surface area contributed by atoms with E-state index in [0.717, 1.165) is 28.8 Å². The number of nitrogens with two attached hydrogens (primary N) is 1. The standard InChI is InChI=1S/C23H22ClF4N5O3/c1-21(10-36-22(2,20(29)32-21)23(26,27)28)13-7-11(5-6-15(13)25)30-19(34)17-16(35-4)8-12-14(24)9-33(3)18(12)31-17/h5-9H,10H2,1-4H3,(H2,29,32)(H,30,34)/t21-,22+/m0/s1/i3D2,4D3. The summed E-state index contributed by atoms with van der Waals surface area (Å²) in [4.78, 5) is 21.3. The Morgan fingerprint density at radius 2 is 2.11 bits per heavy atom. The lowest BCUT2D eigenvalue weighted by Gasteiger charge is -2.41. The molecule has 1 aromatic carbocycles. The van der Waals surface area contributed by atoms with Crippen molar-refractivity contribution in [1.29, 1.82) is 0 Å². The summed E-state index contributed by atoms with van der Waals surface area (Å²) >= 11 is 6.15. The number of nitrogens with one attached hydrogen (secondary N) is 1. The zero-order valence-corrected chi connectivity index (χ0v) is 19.5. The maximum atomic E-state index is 14.9. The molecule has 2 aromatic heterocycles. The van der Waals surface area contributed by atoms with E-state index in [1.165, 1.54) is 13.1 Å². The predicted octanol–water partition coefficient (Wildman–Crippen LogP) is 4.55. The number of amidine groups is 1. The molecule has 0 unspecified atom stereocenters. The van der Waals surface area contributed by atoms with Gasteiger partial charge in [0, 0.05) is 32.6 Å². The zero-order valence-electron chi connectivity index (χ0n) is 23.7. The number of amides is 1. The van der Waals surface area contributed by atoms with E-state index in [-0.39, 0.29) is 27.3 Å². The van der Waals surface area contributed by atoms with Gasteiger partial charge in [-0.3, -0.25) is 9.79 Å². The molecule has 192 valence electrons. The first-order valence-corrected chi connectivity index (χ1v) is 10.6. The van der Waals surface area contributed by atoms with E-state index in [0.29, 0.717) is 6.92 Å². The number of aryl methyl sites for hydroxylation is 1. The molecule has 1 aliphatic rings. The highest BCUT2D eigenvalue weighted by Gasteiger charge is 2.59. The summed E-state index contributed by atoms with van der Waals surface area (Å²) in [6.07, 6.45) is -3.68. The van der Waals surface area contributed by atoms with Crippen molar-refractivity contribution >= 4 is 40.1 Å². The number of methoxy groups -OCH3 is 1. The van der Waals surface area contributed by atoms with Crippen LogP contribution in [-0.2, 0) is 17.3 Å². The lowest BCUT2D eigenvalue weighted by molar-refractivity contribution is -0.249. The van der Waals surface area contributed by atoms with E-state index in [4.69, 9.17) is 33.7 Å². The summed E-state index contributed by atoms with van der Waals surface area (Å²) in [6, 6.07) is 4.31. The van der Waals surface area contributed by atoms with E-state index in [1.54, 1.807) is 0 Å². The van der Waals surface area contributed by atoms with Gasteiger partial charge in [-0.15, -0.1) is 0 Å². The minimum atomic E-state index is -4.89. The topological polar surface area (TPSA) is 104 Å². The number of hydrogen-bond donors (Lipinski definition) is 2. The van der Waals surface area contributed by atoms with Gasteiger partial charge in [-0.1, -0.05) is 11.6 Å². The normalized spacial score (nSPS) is 24.9. The molecular formula is C23H22ClF4N5O3. The van der Waals surface area contributed by atoms with Crippen molar-refractivity contribution in [3.8, 4) is 5.75 Å². The maximum absolute atomic E-state index is 14.9. The van der Waals surface area contributed by atoms with Gasteiger partial charge in [-0.25, -0.2) is 9.37 Å². The SMILES string of the molecule is [2H]C([2H])n1cc(Cl)c2cc(OC([2H])([2H])[2H])c(C(=O)Nc3ccc(F)c([C@]4(C)CO[C@@](C)(C(F)(F)F)C(N)=N4)c3)nc21. The predicted molar refractivity (Wildman–Crippen MR) is 126 cm³/mol. The molecule has 2 atom stereocenters. The average molecular weight is 533 g/mol. The number of pyridine rings is 1. The molecular weight excluding hydrogens is 506 g/mol. The summed E-state index contributed by atoms with van der Waals surface area (Å²) < 4.78 is 104. The number of halogens is 5. The van der Waals surface area contributed by atoms with Crippen LogP contribution < -0.4 is 15.8 Å². The Morgan fingerprint density at radius 3 is 2.75 bits per heavy atom. The first-order valence-electron chi connectivity index (χ1n) is 12.8. The maximum Gasteiger partial charge on any atom is 0.424 e. The Hall–Kier alpha value is -3.38. The number of ether oxygens (including phenoxy) is 2. The lowest BCUT2D eigenvalue weighted by Crippen LogP contribution is -2.60. The number of carbonyl (C=O) groups excluding carboxylic acids is 1. The van der Waals surface area contributed by atoms with Gasteiger partial charge in [0.25, 0.3) is 5.91 Å². The molecule has 3 aromatic rings. The van der Waals surface area contributed by atoms with Crippen LogP contribution in [0.3, 0.4) is 0 Å². The second-order valence-electron chi connectivity index (χ2n) is 8.43. The molecule has 13 heteroatoms. The minimum absolute atomic E-state index is 0.0203. The number of nitrogens with zero attached hydrogens (tertiary/aromatic N) is 3. The van der Waals surface area contributed by atoms with Crippen molar-refractivity contribution in [2.75, 3.05) is 19.0 Å². The highest BCUT2D eigenvalue weighted by molar-refractivity contribution is 6.35. The van der Waals surface area contributed by atoms with Crippen molar-refractivity contribution in [3.63, 3.8) is 0 Å². The molecule has 36 heavy (non-hydrogen) atoms. The molecule has 1 aliphatic heterocycles. The van der Waals surface area contributed by atoms with Gasteiger partial charge in [0.2, 0.25) is 5.60 Å². The molecule has 0 spiro atoms. The fourth-order valence-corrected chi connectivity index (χ4v) is 3.93. The van der Waals surface area contributed by atoms with E-state index in [1.807, 2.05) is 0 Å². The van der Waals surface area contributed by atoms with Crippen LogP contribution in [0.5, 0.6) is 5.75 Å². The van der Waals surface area contributed by atoms with Crippen LogP contribution in [0.1, 0.15) is 36.8 Å². The van der Waals surface area contributed by atoms with Crippen LogP contribution in [0.25, 0.3) is 11.0 Å². The highest BCUT2D eigenvalue weighted by atomic mass is 35.5. The smallest absolute Gasteiger partial charge is 0.424 e. The summed E-state index contributed by atoms with van der Waals surface area (Å²) in [7, 11) is -3.01. The first-order chi connectivity index (χ1) is 18.8. The van der Waals surface area contributed by atoms with Crippen molar-refractivity contribution in [3.05, 3.63) is 52.6 Å². The van der Waals surface area contributed by atoms with Crippen LogP contribution in [0.4, 0.5) is 23.2 Å². The van der Waals surface area contributed by atoms with Crippen molar-refractivity contribution in [2.45, 2.75) is 31.2 Å². The zero-order chi connectivity index (χ0) is 30.7. The fourth-order valence-electron chi connectivity index (χ4n) is 3.69. The number of benzene rings is 1. The second kappa shape index (κ2) is 8.63. The third kappa shape index (κ3) is 4.13. The Morgan fingerprint density at radius 1 is 1.36 bits per heavy atom. The van der Waals surface area contributed by atoms with Gasteiger partial charge in [0.15, 0.2) is 11.4 Å². The quantitative estimate of drug-likeness (QED) is 0.480. The summed E-state index contributed by atoms with van der Waals surface area (Å²) in [5, 5.41) is 2.55. The molecule has 3 N–H and O–H groups in total. The van der Waals surface area contributed by atoms with Crippen LogP contribution in [-0.4, -0.2) is 46.7 Å². The summed E-state index contributed by atoms with van der Waals surface area (Å²) in [6.45, 7) is -0.318. The van der Waals surface area contributed by atoms with Gasteiger partial charge in [0.05, 0.1) is 22.8 Å². The highest BCUT2D eigenvalue weighted by Crippen LogP contribution is 2.41. The molecule has 1 amide bonds. The van der Waals surface area contributed by atoms with Crippen molar-refractivity contribution in [1.82, 2.24) is 9.55 Å². The summed E-state index contributed by atoms with van der Waals surface area (Å²) in [5.41, 5.74) is 0.0531. The first kappa shape index (κ1) is 19.8. The Kier molecular flexibility index (Phi) is 4.74. The minimum Gasteiger partial charge on any atom is -0.494 e. The number of anilines is 1. The van der Waals surface area contributed by atoms with Crippen LogP contribution in [0, 0.1) is 5.82 Å². The van der Waals surface area contributed by atoms with Gasteiger partial charge in [-0.2, -0.15) is 13.2 Å². The number of aromatic nitrogens is 2. The van der Waals surface area contributed by atoms with Crippen molar-refractivity contribution < 1.29 is 38.7 Å². The molecule has 3 heterocycles. The van der Waals surface area contributed by atoms with Gasteiger partial charge >= 0.3 is 6.18 Å². The molecule has 0 fully saturated rings.